The molecule has 0 aliphatic carbocycles. The number of ether oxygens (including phenoxy) is 1. The third-order valence-electron chi connectivity index (χ3n) is 3.07. The van der Waals surface area contributed by atoms with Gasteiger partial charge >= 0.3 is 5.97 Å². The zero-order chi connectivity index (χ0) is 11.7. The lowest BCUT2D eigenvalue weighted by Gasteiger charge is -2.23. The first-order valence-corrected chi connectivity index (χ1v) is 5.30. The van der Waals surface area contributed by atoms with Crippen molar-refractivity contribution < 1.29 is 14.6 Å². The molecule has 0 radical (unpaired) electrons. The summed E-state index contributed by atoms with van der Waals surface area (Å²) in [6.45, 7) is 2.44. The molecule has 0 aromatic heterocycles. The normalized spacial score (nSPS) is 15.8. The van der Waals surface area contributed by atoms with Crippen LogP contribution in [0.2, 0.25) is 0 Å². The first-order valence-electron chi connectivity index (χ1n) is 5.30. The topological polar surface area (TPSA) is 49.8 Å². The van der Waals surface area contributed by atoms with Gasteiger partial charge in [-0.25, -0.2) is 4.79 Å². The van der Waals surface area contributed by atoms with Crippen LogP contribution in [0.5, 0.6) is 5.75 Å². The molecule has 1 aliphatic heterocycles. The second-order valence-electron chi connectivity index (χ2n) is 3.92. The number of benzene rings is 1. The average Bonchev–Trinajstić information content (AvgIpc) is 2.71. The Bertz CT molecular complexity index is 417. The number of aliphatic carboxylic acids is 1. The average molecular weight is 221 g/mol. The maximum atomic E-state index is 11.0. The van der Waals surface area contributed by atoms with E-state index < -0.39 is 12.0 Å². The molecule has 0 saturated carbocycles. The van der Waals surface area contributed by atoms with Gasteiger partial charge in [0.05, 0.1) is 7.11 Å². The molecule has 0 spiro atoms. The Morgan fingerprint density at radius 1 is 1.56 bits per heavy atom. The van der Waals surface area contributed by atoms with E-state index in [2.05, 4.69) is 0 Å². The Morgan fingerprint density at radius 3 is 2.94 bits per heavy atom. The van der Waals surface area contributed by atoms with Crippen molar-refractivity contribution in [3.05, 3.63) is 23.8 Å². The minimum absolute atomic E-state index is 0.492. The highest BCUT2D eigenvalue weighted by atomic mass is 16.5. The monoisotopic (exact) mass is 221 g/mol. The van der Waals surface area contributed by atoms with Crippen LogP contribution < -0.4 is 9.64 Å². The molecule has 0 amide bonds. The van der Waals surface area contributed by atoms with Crippen molar-refractivity contribution in [1.82, 2.24) is 0 Å². The van der Waals surface area contributed by atoms with Crippen LogP contribution in [0, 0.1) is 0 Å². The number of hydrogen-bond acceptors (Lipinski definition) is 3. The molecule has 1 aliphatic rings. The third kappa shape index (κ3) is 1.60. The van der Waals surface area contributed by atoms with Crippen molar-refractivity contribution in [2.24, 2.45) is 0 Å². The number of anilines is 1. The fourth-order valence-electron chi connectivity index (χ4n) is 2.15. The van der Waals surface area contributed by atoms with Crippen LogP contribution in [0.3, 0.4) is 0 Å². The molecule has 1 N–H and O–H groups in total. The van der Waals surface area contributed by atoms with Crippen molar-refractivity contribution >= 4 is 11.7 Å². The van der Waals surface area contributed by atoms with Gasteiger partial charge < -0.3 is 14.7 Å². The molecule has 0 saturated heterocycles. The summed E-state index contributed by atoms with van der Waals surface area (Å²) < 4.78 is 5.27. The number of carboxylic acid groups (broad SMARTS) is 1. The summed E-state index contributed by atoms with van der Waals surface area (Å²) >= 11 is 0. The summed E-state index contributed by atoms with van der Waals surface area (Å²) in [6.07, 6.45) is 0.844. The molecule has 1 aromatic rings. The Kier molecular flexibility index (Phi) is 2.73. The fourth-order valence-corrected chi connectivity index (χ4v) is 2.15. The van der Waals surface area contributed by atoms with Crippen LogP contribution in [-0.4, -0.2) is 30.8 Å². The Balaban J connectivity index is 2.37. The van der Waals surface area contributed by atoms with E-state index in [1.165, 1.54) is 0 Å². The Morgan fingerprint density at radius 2 is 2.31 bits per heavy atom. The van der Waals surface area contributed by atoms with E-state index in [0.29, 0.717) is 0 Å². The van der Waals surface area contributed by atoms with E-state index >= 15 is 0 Å². The minimum Gasteiger partial charge on any atom is -0.496 e. The van der Waals surface area contributed by atoms with Crippen molar-refractivity contribution in [2.45, 2.75) is 19.4 Å². The van der Waals surface area contributed by atoms with Crippen LogP contribution in [0.15, 0.2) is 18.2 Å². The zero-order valence-corrected chi connectivity index (χ0v) is 9.43. The predicted octanol–water partition coefficient (Wildman–Crippen LogP) is 1.53. The number of fused-ring (bicyclic) bond motifs is 1. The molecular formula is C12H15NO3. The lowest BCUT2D eigenvalue weighted by Crippen LogP contribution is -2.37. The number of carbonyl (C=O) groups is 1. The van der Waals surface area contributed by atoms with Crippen LogP contribution in [0.25, 0.3) is 0 Å². The van der Waals surface area contributed by atoms with Gasteiger partial charge in [-0.1, -0.05) is 6.07 Å². The molecule has 4 nitrogen and oxygen atoms in total. The van der Waals surface area contributed by atoms with Crippen LogP contribution >= 0.6 is 0 Å². The molecule has 0 unspecified atom stereocenters. The summed E-state index contributed by atoms with van der Waals surface area (Å²) in [7, 11) is 1.64. The van der Waals surface area contributed by atoms with E-state index in [0.717, 1.165) is 30.0 Å². The molecule has 0 bridgehead atoms. The third-order valence-corrected chi connectivity index (χ3v) is 3.07. The van der Waals surface area contributed by atoms with Gasteiger partial charge in [0.25, 0.3) is 0 Å². The molecule has 86 valence electrons. The van der Waals surface area contributed by atoms with E-state index in [1.807, 2.05) is 23.1 Å². The largest absolute Gasteiger partial charge is 0.496 e. The summed E-state index contributed by atoms with van der Waals surface area (Å²) in [4.78, 5) is 12.9. The van der Waals surface area contributed by atoms with Crippen molar-refractivity contribution in [1.29, 1.82) is 0 Å². The van der Waals surface area contributed by atoms with Gasteiger partial charge in [-0.15, -0.1) is 0 Å². The van der Waals surface area contributed by atoms with Gasteiger partial charge in [0.1, 0.15) is 11.8 Å². The van der Waals surface area contributed by atoms with Gasteiger partial charge in [0.15, 0.2) is 0 Å². The Labute approximate surface area is 94.4 Å². The smallest absolute Gasteiger partial charge is 0.326 e. The SMILES string of the molecule is COc1cccc2c1CCN2[C@H](C)C(=O)O. The van der Waals surface area contributed by atoms with Crippen molar-refractivity contribution in [3.63, 3.8) is 0 Å². The van der Waals surface area contributed by atoms with E-state index in [-0.39, 0.29) is 0 Å². The van der Waals surface area contributed by atoms with E-state index in [4.69, 9.17) is 9.84 Å². The number of hydrogen-bond donors (Lipinski definition) is 1. The molecule has 2 rings (SSSR count). The highest BCUT2D eigenvalue weighted by Crippen LogP contribution is 2.35. The van der Waals surface area contributed by atoms with Gasteiger partial charge in [-0.2, -0.15) is 0 Å². The summed E-state index contributed by atoms with van der Waals surface area (Å²) in [5.41, 5.74) is 2.09. The zero-order valence-electron chi connectivity index (χ0n) is 9.43. The number of carboxylic acids is 1. The molecule has 1 atom stereocenters. The molecular weight excluding hydrogens is 206 g/mol. The second kappa shape index (κ2) is 4.04. The molecule has 16 heavy (non-hydrogen) atoms. The fraction of sp³-hybridized carbons (Fsp3) is 0.417. The number of nitrogens with zero attached hydrogens (tertiary/aromatic N) is 1. The second-order valence-corrected chi connectivity index (χ2v) is 3.92. The van der Waals surface area contributed by atoms with Gasteiger partial charge in [-0.3, -0.25) is 0 Å². The highest BCUT2D eigenvalue weighted by Gasteiger charge is 2.28. The van der Waals surface area contributed by atoms with E-state index in [1.54, 1.807) is 14.0 Å². The van der Waals surface area contributed by atoms with Crippen LogP contribution in [-0.2, 0) is 11.2 Å². The van der Waals surface area contributed by atoms with Gasteiger partial charge in [-0.05, 0) is 25.5 Å². The summed E-state index contributed by atoms with van der Waals surface area (Å²) in [6, 6.07) is 5.26. The lowest BCUT2D eigenvalue weighted by atomic mass is 10.1. The minimum atomic E-state index is -0.796. The molecule has 1 heterocycles. The number of methoxy groups -OCH3 is 1. The first-order chi connectivity index (χ1) is 7.65. The summed E-state index contributed by atoms with van der Waals surface area (Å²) in [5, 5.41) is 9.02. The van der Waals surface area contributed by atoms with Crippen molar-refractivity contribution in [2.75, 3.05) is 18.6 Å². The standard InChI is InChI=1S/C12H15NO3/c1-8(12(14)15)13-7-6-9-10(13)4-3-5-11(9)16-2/h3-5,8H,6-7H2,1-2H3,(H,14,15)/t8-/m1/s1. The molecule has 0 fully saturated rings. The Hall–Kier alpha value is -1.71. The molecule has 4 heteroatoms. The van der Waals surface area contributed by atoms with E-state index in [9.17, 15) is 4.79 Å². The van der Waals surface area contributed by atoms with Crippen LogP contribution in [0.1, 0.15) is 12.5 Å². The maximum absolute atomic E-state index is 11.0. The lowest BCUT2D eigenvalue weighted by molar-refractivity contribution is -0.138. The maximum Gasteiger partial charge on any atom is 0.326 e. The van der Waals surface area contributed by atoms with Gasteiger partial charge in [0.2, 0.25) is 0 Å². The number of rotatable bonds is 3. The molecule has 1 aromatic carbocycles. The quantitative estimate of drug-likeness (QED) is 0.841. The highest BCUT2D eigenvalue weighted by molar-refractivity contribution is 5.79. The van der Waals surface area contributed by atoms with Gasteiger partial charge in [0, 0.05) is 17.8 Å². The predicted molar refractivity (Wildman–Crippen MR) is 61.1 cm³/mol. The summed E-state index contributed by atoms with van der Waals surface area (Å²) in [5.74, 6) is 0.0493. The van der Waals surface area contributed by atoms with Crippen molar-refractivity contribution in [3.8, 4) is 5.75 Å². The van der Waals surface area contributed by atoms with Crippen LogP contribution in [0.4, 0.5) is 5.69 Å². The first kappa shape index (κ1) is 10.8.